The van der Waals surface area contributed by atoms with Crippen LogP contribution in [0.1, 0.15) is 29.8 Å². The Hall–Kier alpha value is -1.90. The van der Waals surface area contributed by atoms with Crippen molar-refractivity contribution in [2.45, 2.75) is 19.6 Å². The van der Waals surface area contributed by atoms with Crippen molar-refractivity contribution in [3.8, 4) is 11.8 Å². The molecule has 0 fully saturated rings. The number of halogens is 1. The first-order valence-corrected chi connectivity index (χ1v) is 6.85. The van der Waals surface area contributed by atoms with Crippen LogP contribution in [0.25, 0.3) is 0 Å². The molecule has 0 saturated heterocycles. The van der Waals surface area contributed by atoms with E-state index in [1.54, 1.807) is 31.3 Å². The fourth-order valence-corrected chi connectivity index (χ4v) is 2.17. The van der Waals surface area contributed by atoms with E-state index in [2.05, 4.69) is 20.9 Å². The van der Waals surface area contributed by atoms with Crippen LogP contribution in [0.15, 0.2) is 41.0 Å². The van der Waals surface area contributed by atoms with E-state index in [4.69, 9.17) is 10.00 Å². The molecule has 0 aliphatic rings. The van der Waals surface area contributed by atoms with Gasteiger partial charge in [-0.3, -0.25) is 0 Å². The maximum Gasteiger partial charge on any atom is 0.147 e. The summed E-state index contributed by atoms with van der Waals surface area (Å²) in [7, 11) is 0. The summed E-state index contributed by atoms with van der Waals surface area (Å²) in [6.45, 7) is 1.91. The van der Waals surface area contributed by atoms with Crippen molar-refractivity contribution in [3.05, 3.63) is 57.8 Å². The normalized spacial score (nSPS) is 11.7. The monoisotopic (exact) mass is 332 g/mol. The molecule has 0 aliphatic heterocycles. The predicted octanol–water partition coefficient (Wildman–Crippen LogP) is 3.35. The molecule has 0 saturated carbocycles. The Morgan fingerprint density at radius 3 is 2.95 bits per heavy atom. The van der Waals surface area contributed by atoms with Crippen LogP contribution in [0, 0.1) is 11.3 Å². The van der Waals surface area contributed by atoms with Gasteiger partial charge in [-0.25, -0.2) is 4.98 Å². The molecule has 1 aromatic carbocycles. The number of aliphatic hydroxyl groups is 1. The summed E-state index contributed by atoms with van der Waals surface area (Å²) >= 11 is 3.36. The maximum atomic E-state index is 9.76. The number of aromatic nitrogens is 1. The van der Waals surface area contributed by atoms with E-state index in [9.17, 15) is 5.11 Å². The highest BCUT2D eigenvalue weighted by Crippen LogP contribution is 2.29. The van der Waals surface area contributed by atoms with Crippen LogP contribution in [-0.4, -0.2) is 10.1 Å². The molecule has 2 rings (SSSR count). The topological polar surface area (TPSA) is 66.1 Å². The molecular weight excluding hydrogens is 320 g/mol. The summed E-state index contributed by atoms with van der Waals surface area (Å²) in [5, 5.41) is 18.7. The van der Waals surface area contributed by atoms with Gasteiger partial charge in [-0.15, -0.1) is 0 Å². The Kier molecular flexibility index (Phi) is 4.72. The van der Waals surface area contributed by atoms with Crippen molar-refractivity contribution in [3.63, 3.8) is 0 Å². The highest BCUT2D eigenvalue weighted by Gasteiger charge is 2.11. The largest absolute Gasteiger partial charge is 0.488 e. The second kappa shape index (κ2) is 6.51. The van der Waals surface area contributed by atoms with E-state index in [0.29, 0.717) is 17.0 Å². The number of hydrogen-bond donors (Lipinski definition) is 1. The molecule has 0 radical (unpaired) electrons. The van der Waals surface area contributed by atoms with Gasteiger partial charge in [-0.2, -0.15) is 5.26 Å². The smallest absolute Gasteiger partial charge is 0.147 e. The summed E-state index contributed by atoms with van der Waals surface area (Å²) in [6.07, 6.45) is 0.940. The lowest BCUT2D eigenvalue weighted by Crippen LogP contribution is -2.03. The molecule has 20 heavy (non-hydrogen) atoms. The number of nitriles is 1. The zero-order chi connectivity index (χ0) is 14.5. The van der Waals surface area contributed by atoms with Crippen molar-refractivity contribution in [1.82, 2.24) is 4.98 Å². The average molecular weight is 333 g/mol. The quantitative estimate of drug-likeness (QED) is 0.932. The molecule has 0 amide bonds. The van der Waals surface area contributed by atoms with Gasteiger partial charge in [0.05, 0.1) is 6.10 Å². The number of pyridine rings is 1. The second-order valence-electron chi connectivity index (χ2n) is 4.27. The molecule has 0 aliphatic carbocycles. The Labute approximate surface area is 125 Å². The van der Waals surface area contributed by atoms with Gasteiger partial charge in [0.25, 0.3) is 0 Å². The summed E-state index contributed by atoms with van der Waals surface area (Å²) < 4.78 is 6.58. The lowest BCUT2D eigenvalue weighted by molar-refractivity contribution is 0.190. The van der Waals surface area contributed by atoms with Gasteiger partial charge in [-0.1, -0.05) is 22.0 Å². The van der Waals surface area contributed by atoms with Crippen LogP contribution in [0.4, 0.5) is 0 Å². The van der Waals surface area contributed by atoms with Gasteiger partial charge >= 0.3 is 0 Å². The summed E-state index contributed by atoms with van der Waals surface area (Å²) in [4.78, 5) is 3.98. The van der Waals surface area contributed by atoms with Gasteiger partial charge in [0.15, 0.2) is 0 Å². The Bertz CT molecular complexity index is 651. The summed E-state index contributed by atoms with van der Waals surface area (Å²) in [5.41, 5.74) is 1.76. The van der Waals surface area contributed by atoms with Crippen LogP contribution in [0.3, 0.4) is 0 Å². The Balaban J connectivity index is 2.21. The van der Waals surface area contributed by atoms with Crippen LogP contribution >= 0.6 is 15.9 Å². The van der Waals surface area contributed by atoms with Gasteiger partial charge < -0.3 is 9.84 Å². The van der Waals surface area contributed by atoms with Crippen LogP contribution in [0.5, 0.6) is 5.75 Å². The molecule has 0 spiro atoms. The summed E-state index contributed by atoms with van der Waals surface area (Å²) in [5.74, 6) is 0.593. The first kappa shape index (κ1) is 14.5. The third-order valence-corrected chi connectivity index (χ3v) is 3.30. The van der Waals surface area contributed by atoms with E-state index >= 15 is 0 Å². The third-order valence-electron chi connectivity index (χ3n) is 2.80. The Morgan fingerprint density at radius 2 is 2.25 bits per heavy atom. The summed E-state index contributed by atoms with van der Waals surface area (Å²) in [6, 6.07) is 11.0. The van der Waals surface area contributed by atoms with Crippen molar-refractivity contribution < 1.29 is 9.84 Å². The van der Waals surface area contributed by atoms with Crippen LogP contribution in [-0.2, 0) is 6.61 Å². The van der Waals surface area contributed by atoms with Crippen LogP contribution < -0.4 is 4.74 Å². The number of benzene rings is 1. The lowest BCUT2D eigenvalue weighted by atomic mass is 10.1. The second-order valence-corrected chi connectivity index (χ2v) is 5.19. The molecule has 4 nitrogen and oxygen atoms in total. The standard InChI is InChI=1S/C15H13BrN2O2/c1-10(19)13-7-12(16)4-5-15(13)20-9-11-3-2-6-18-14(11)8-17/h2-7,10,19H,9H2,1H3. The van der Waals surface area contributed by atoms with Gasteiger partial charge in [0.1, 0.15) is 24.1 Å². The van der Waals surface area contributed by atoms with Gasteiger partial charge in [-0.05, 0) is 31.2 Å². The molecule has 102 valence electrons. The minimum absolute atomic E-state index is 0.234. The minimum atomic E-state index is -0.633. The molecule has 2 aromatic rings. The van der Waals surface area contributed by atoms with Crippen molar-refractivity contribution >= 4 is 15.9 Å². The first-order chi connectivity index (χ1) is 9.61. The highest BCUT2D eigenvalue weighted by molar-refractivity contribution is 9.10. The van der Waals surface area contributed by atoms with E-state index in [0.717, 1.165) is 10.0 Å². The molecule has 1 N–H and O–H groups in total. The van der Waals surface area contributed by atoms with Crippen molar-refractivity contribution in [2.24, 2.45) is 0 Å². The number of hydrogen-bond acceptors (Lipinski definition) is 4. The fourth-order valence-electron chi connectivity index (χ4n) is 1.79. The molecular formula is C15H13BrN2O2. The SMILES string of the molecule is CC(O)c1cc(Br)ccc1OCc1cccnc1C#N. The van der Waals surface area contributed by atoms with E-state index in [1.807, 2.05) is 18.2 Å². The molecule has 1 unspecified atom stereocenters. The van der Waals surface area contributed by atoms with E-state index in [1.165, 1.54) is 0 Å². The van der Waals surface area contributed by atoms with Gasteiger partial charge in [0.2, 0.25) is 0 Å². The van der Waals surface area contributed by atoms with E-state index in [-0.39, 0.29) is 6.61 Å². The highest BCUT2D eigenvalue weighted by atomic mass is 79.9. The lowest BCUT2D eigenvalue weighted by Gasteiger charge is -2.14. The molecule has 0 bridgehead atoms. The number of rotatable bonds is 4. The van der Waals surface area contributed by atoms with Crippen molar-refractivity contribution in [2.75, 3.05) is 0 Å². The molecule has 1 atom stereocenters. The molecule has 5 heteroatoms. The van der Waals surface area contributed by atoms with Crippen molar-refractivity contribution in [1.29, 1.82) is 5.26 Å². The Morgan fingerprint density at radius 1 is 1.45 bits per heavy atom. The first-order valence-electron chi connectivity index (χ1n) is 6.06. The van der Waals surface area contributed by atoms with Crippen LogP contribution in [0.2, 0.25) is 0 Å². The predicted molar refractivity (Wildman–Crippen MR) is 78.1 cm³/mol. The number of aliphatic hydroxyl groups excluding tert-OH is 1. The third kappa shape index (κ3) is 3.35. The van der Waals surface area contributed by atoms with Gasteiger partial charge in [0, 0.05) is 21.8 Å². The number of ether oxygens (including phenoxy) is 1. The zero-order valence-corrected chi connectivity index (χ0v) is 12.5. The zero-order valence-electron chi connectivity index (χ0n) is 10.9. The maximum absolute atomic E-state index is 9.76. The molecule has 1 heterocycles. The number of nitrogens with zero attached hydrogens (tertiary/aromatic N) is 2. The fraction of sp³-hybridized carbons (Fsp3) is 0.200. The minimum Gasteiger partial charge on any atom is -0.488 e. The molecule has 1 aromatic heterocycles. The average Bonchev–Trinajstić information content (AvgIpc) is 2.46. The van der Waals surface area contributed by atoms with E-state index < -0.39 is 6.10 Å².